The van der Waals surface area contributed by atoms with Crippen LogP contribution in [0.25, 0.3) is 0 Å². The molecule has 0 spiro atoms. The van der Waals surface area contributed by atoms with Crippen LogP contribution in [-0.4, -0.2) is 40.0 Å². The van der Waals surface area contributed by atoms with E-state index in [9.17, 15) is 4.79 Å². The number of Topliss-reactive ketones (excluding diaryl/α,β-unsaturated/α-hetero) is 1. The third-order valence-corrected chi connectivity index (χ3v) is 4.06. The molecule has 112 valence electrons. The number of hydrogen-bond acceptors (Lipinski definition) is 5. The first-order valence-electron chi connectivity index (χ1n) is 6.49. The Bertz CT molecular complexity index is 586. The van der Waals surface area contributed by atoms with E-state index in [4.69, 9.17) is 16.3 Å². The zero-order chi connectivity index (χ0) is 15.1. The normalized spacial score (nSPS) is 10.8. The van der Waals surface area contributed by atoms with Gasteiger partial charge in [-0.05, 0) is 30.7 Å². The largest absolute Gasteiger partial charge is 0.385 e. The molecule has 0 radical (unpaired) electrons. The second-order valence-corrected chi connectivity index (χ2v) is 5.75. The number of ketones is 1. The Morgan fingerprint density at radius 2 is 2.14 bits per heavy atom. The molecule has 0 amide bonds. The topological polar surface area (TPSA) is 57.0 Å². The van der Waals surface area contributed by atoms with Crippen LogP contribution in [0.4, 0.5) is 0 Å². The van der Waals surface area contributed by atoms with Crippen molar-refractivity contribution in [3.8, 4) is 0 Å². The molecule has 0 aliphatic heterocycles. The fourth-order valence-electron chi connectivity index (χ4n) is 1.74. The number of nitrogens with zero attached hydrogens (tertiary/aromatic N) is 3. The van der Waals surface area contributed by atoms with Gasteiger partial charge >= 0.3 is 0 Å². The summed E-state index contributed by atoms with van der Waals surface area (Å²) >= 11 is 7.19. The van der Waals surface area contributed by atoms with Crippen LogP contribution < -0.4 is 0 Å². The number of methoxy groups -OCH3 is 1. The maximum absolute atomic E-state index is 12.1. The van der Waals surface area contributed by atoms with Gasteiger partial charge in [0.05, 0.1) is 5.75 Å². The first kappa shape index (κ1) is 16.0. The van der Waals surface area contributed by atoms with Crippen LogP contribution in [0.15, 0.2) is 35.7 Å². The molecule has 1 aromatic heterocycles. The summed E-state index contributed by atoms with van der Waals surface area (Å²) in [5.74, 6) is 0.369. The van der Waals surface area contributed by atoms with Gasteiger partial charge in [-0.25, -0.2) is 0 Å². The number of hydrogen-bond donors (Lipinski definition) is 0. The van der Waals surface area contributed by atoms with Crippen LogP contribution in [0.3, 0.4) is 0 Å². The third kappa shape index (κ3) is 4.84. The van der Waals surface area contributed by atoms with Gasteiger partial charge < -0.3 is 9.30 Å². The van der Waals surface area contributed by atoms with Crippen LogP contribution in [-0.2, 0) is 11.3 Å². The van der Waals surface area contributed by atoms with Crippen molar-refractivity contribution in [1.82, 2.24) is 14.8 Å². The van der Waals surface area contributed by atoms with Crippen molar-refractivity contribution in [3.63, 3.8) is 0 Å². The molecule has 0 fully saturated rings. The van der Waals surface area contributed by atoms with Gasteiger partial charge in [-0.2, -0.15) is 0 Å². The van der Waals surface area contributed by atoms with E-state index in [0.717, 1.165) is 18.1 Å². The number of thioether (sulfide) groups is 1. The minimum atomic E-state index is 0.0445. The molecule has 0 saturated heterocycles. The number of aromatic nitrogens is 3. The number of rotatable bonds is 8. The van der Waals surface area contributed by atoms with Gasteiger partial charge in [0, 0.05) is 30.8 Å². The van der Waals surface area contributed by atoms with E-state index in [0.29, 0.717) is 22.9 Å². The van der Waals surface area contributed by atoms with Gasteiger partial charge in [0.1, 0.15) is 6.33 Å². The molecule has 0 aliphatic carbocycles. The lowest BCUT2D eigenvalue weighted by Gasteiger charge is -2.05. The molecule has 2 aromatic rings. The van der Waals surface area contributed by atoms with Crippen molar-refractivity contribution < 1.29 is 9.53 Å². The maximum Gasteiger partial charge on any atom is 0.191 e. The van der Waals surface area contributed by atoms with Crippen LogP contribution in [0.5, 0.6) is 0 Å². The Balaban J connectivity index is 1.89. The number of aryl methyl sites for hydroxylation is 1. The molecule has 21 heavy (non-hydrogen) atoms. The summed E-state index contributed by atoms with van der Waals surface area (Å²) in [5, 5.41) is 9.29. The van der Waals surface area contributed by atoms with Crippen molar-refractivity contribution in [1.29, 1.82) is 0 Å². The number of benzene rings is 1. The van der Waals surface area contributed by atoms with Crippen molar-refractivity contribution in [3.05, 3.63) is 41.2 Å². The Labute approximate surface area is 132 Å². The minimum absolute atomic E-state index is 0.0445. The summed E-state index contributed by atoms with van der Waals surface area (Å²) in [5.41, 5.74) is 0.650. The molecule has 0 unspecified atom stereocenters. The summed E-state index contributed by atoms with van der Waals surface area (Å²) in [6.45, 7) is 1.46. The summed E-state index contributed by atoms with van der Waals surface area (Å²) in [4.78, 5) is 12.1. The third-order valence-electron chi connectivity index (χ3n) is 2.83. The summed E-state index contributed by atoms with van der Waals surface area (Å²) in [7, 11) is 1.67. The highest BCUT2D eigenvalue weighted by Crippen LogP contribution is 2.18. The molecule has 0 bridgehead atoms. The molecule has 0 atom stereocenters. The molecule has 2 rings (SSSR count). The van der Waals surface area contributed by atoms with Gasteiger partial charge in [0.2, 0.25) is 0 Å². The SMILES string of the molecule is COCCCn1cnnc1SCC(=O)c1ccc(Cl)cc1. The van der Waals surface area contributed by atoms with Crippen LogP contribution in [0.1, 0.15) is 16.8 Å². The molecule has 1 heterocycles. The highest BCUT2D eigenvalue weighted by Gasteiger charge is 2.10. The lowest BCUT2D eigenvalue weighted by atomic mass is 10.1. The van der Waals surface area contributed by atoms with E-state index in [1.807, 2.05) is 4.57 Å². The molecule has 0 N–H and O–H groups in total. The number of carbonyl (C=O) groups excluding carboxylic acids is 1. The van der Waals surface area contributed by atoms with Gasteiger partial charge in [-0.1, -0.05) is 23.4 Å². The Morgan fingerprint density at radius 1 is 1.38 bits per heavy atom. The van der Waals surface area contributed by atoms with Gasteiger partial charge in [-0.3, -0.25) is 4.79 Å². The molecular weight excluding hydrogens is 310 g/mol. The number of carbonyl (C=O) groups is 1. The van der Waals surface area contributed by atoms with Gasteiger partial charge in [0.25, 0.3) is 0 Å². The van der Waals surface area contributed by atoms with E-state index in [1.54, 1.807) is 37.7 Å². The first-order valence-corrected chi connectivity index (χ1v) is 7.85. The average Bonchev–Trinajstić information content (AvgIpc) is 2.93. The lowest BCUT2D eigenvalue weighted by Crippen LogP contribution is -2.05. The zero-order valence-corrected chi connectivity index (χ0v) is 13.2. The second kappa shape index (κ2) is 8.17. The summed E-state index contributed by atoms with van der Waals surface area (Å²) in [6.07, 6.45) is 2.55. The van der Waals surface area contributed by atoms with Gasteiger partial charge in [-0.15, -0.1) is 10.2 Å². The molecule has 0 saturated carbocycles. The van der Waals surface area contributed by atoms with E-state index < -0.39 is 0 Å². The number of halogens is 1. The van der Waals surface area contributed by atoms with Crippen LogP contribution >= 0.6 is 23.4 Å². The van der Waals surface area contributed by atoms with Crippen molar-refractivity contribution in [2.24, 2.45) is 0 Å². The van der Waals surface area contributed by atoms with Crippen molar-refractivity contribution in [2.75, 3.05) is 19.5 Å². The van der Waals surface area contributed by atoms with Crippen LogP contribution in [0.2, 0.25) is 5.02 Å². The first-order chi connectivity index (χ1) is 10.2. The maximum atomic E-state index is 12.1. The van der Waals surface area contributed by atoms with Crippen molar-refractivity contribution in [2.45, 2.75) is 18.1 Å². The van der Waals surface area contributed by atoms with E-state index in [1.165, 1.54) is 11.8 Å². The lowest BCUT2D eigenvalue weighted by molar-refractivity contribution is 0.102. The molecule has 0 aliphatic rings. The summed E-state index contributed by atoms with van der Waals surface area (Å²) in [6, 6.07) is 6.89. The quantitative estimate of drug-likeness (QED) is 0.424. The molecule has 1 aromatic carbocycles. The molecule has 5 nitrogen and oxygen atoms in total. The monoisotopic (exact) mass is 325 g/mol. The number of ether oxygens (including phenoxy) is 1. The smallest absolute Gasteiger partial charge is 0.191 e. The van der Waals surface area contributed by atoms with Crippen LogP contribution in [0, 0.1) is 0 Å². The zero-order valence-electron chi connectivity index (χ0n) is 11.7. The fourth-order valence-corrected chi connectivity index (χ4v) is 2.70. The van der Waals surface area contributed by atoms with E-state index >= 15 is 0 Å². The molecule has 7 heteroatoms. The van der Waals surface area contributed by atoms with Crippen molar-refractivity contribution >= 4 is 29.1 Å². The Hall–Kier alpha value is -1.37. The highest BCUT2D eigenvalue weighted by atomic mass is 35.5. The minimum Gasteiger partial charge on any atom is -0.385 e. The molecular formula is C14H16ClN3O2S. The predicted molar refractivity (Wildman–Crippen MR) is 83.0 cm³/mol. The standard InChI is InChI=1S/C14H16ClN3O2S/c1-20-8-2-7-18-10-16-17-14(18)21-9-13(19)11-3-5-12(15)6-4-11/h3-6,10H,2,7-9H2,1H3. The van der Waals surface area contributed by atoms with E-state index in [-0.39, 0.29) is 5.78 Å². The second-order valence-electron chi connectivity index (χ2n) is 4.37. The Morgan fingerprint density at radius 3 is 2.86 bits per heavy atom. The summed E-state index contributed by atoms with van der Waals surface area (Å²) < 4.78 is 6.95. The van der Waals surface area contributed by atoms with Gasteiger partial charge in [0.15, 0.2) is 10.9 Å². The predicted octanol–water partition coefficient (Wildman–Crippen LogP) is 2.94. The Kier molecular flexibility index (Phi) is 6.22. The highest BCUT2D eigenvalue weighted by molar-refractivity contribution is 7.99. The fraction of sp³-hybridized carbons (Fsp3) is 0.357. The van der Waals surface area contributed by atoms with E-state index in [2.05, 4.69) is 10.2 Å². The average molecular weight is 326 g/mol.